The number of amides is 1. The van der Waals surface area contributed by atoms with Crippen molar-refractivity contribution in [3.63, 3.8) is 0 Å². The van der Waals surface area contributed by atoms with Gasteiger partial charge in [-0.3, -0.25) is 4.79 Å². The van der Waals surface area contributed by atoms with Crippen LogP contribution < -0.4 is 5.32 Å². The lowest BCUT2D eigenvalue weighted by atomic mass is 9.96. The van der Waals surface area contributed by atoms with Crippen molar-refractivity contribution in [3.05, 3.63) is 77.9 Å². The highest BCUT2D eigenvalue weighted by Crippen LogP contribution is 2.32. The molecule has 180 valence electrons. The van der Waals surface area contributed by atoms with E-state index in [0.717, 1.165) is 38.8 Å². The summed E-state index contributed by atoms with van der Waals surface area (Å²) in [5.74, 6) is -0.521. The fourth-order valence-corrected chi connectivity index (χ4v) is 5.75. The van der Waals surface area contributed by atoms with Gasteiger partial charge in [0.1, 0.15) is 0 Å². The van der Waals surface area contributed by atoms with Gasteiger partial charge in [0.05, 0.1) is 16.5 Å². The summed E-state index contributed by atoms with van der Waals surface area (Å²) in [4.78, 5) is 12.4. The standard InChI is InChI=1S/C25H25F3N2O3S/c1-17(20-10-9-18-5-2-3-6-21(18)15-20)29-24(31)19-11-13-30(14-12-19)34(32,33)23-8-4-7-22(16-23)25(26,27)28/h2-10,15-17,19H,11-14H2,1H3,(H,29,31). The first kappa shape index (κ1) is 24.2. The number of nitrogens with one attached hydrogen (secondary N) is 1. The smallest absolute Gasteiger partial charge is 0.349 e. The van der Waals surface area contributed by atoms with Crippen LogP contribution in [-0.2, 0) is 21.0 Å². The molecule has 0 aromatic heterocycles. The Morgan fingerprint density at radius 3 is 2.32 bits per heavy atom. The van der Waals surface area contributed by atoms with Crippen LogP contribution in [0.3, 0.4) is 0 Å². The van der Waals surface area contributed by atoms with Crippen LogP contribution in [0.25, 0.3) is 10.8 Å². The number of hydrogen-bond acceptors (Lipinski definition) is 3. The predicted octanol–water partition coefficient (Wildman–Crippen LogP) is 5.14. The van der Waals surface area contributed by atoms with Crippen LogP contribution in [0.15, 0.2) is 71.6 Å². The van der Waals surface area contributed by atoms with E-state index in [2.05, 4.69) is 5.32 Å². The monoisotopic (exact) mass is 490 g/mol. The number of fused-ring (bicyclic) bond motifs is 1. The van der Waals surface area contributed by atoms with Gasteiger partial charge < -0.3 is 5.32 Å². The highest BCUT2D eigenvalue weighted by molar-refractivity contribution is 7.89. The number of sulfonamides is 1. The molecule has 1 amide bonds. The van der Waals surface area contributed by atoms with Crippen molar-refractivity contribution in [2.24, 2.45) is 5.92 Å². The Labute approximate surface area is 196 Å². The number of hydrogen-bond donors (Lipinski definition) is 1. The largest absolute Gasteiger partial charge is 0.416 e. The second-order valence-corrected chi connectivity index (χ2v) is 10.5. The van der Waals surface area contributed by atoms with Crippen LogP contribution in [0.1, 0.15) is 36.9 Å². The molecule has 9 heteroatoms. The molecule has 1 aliphatic rings. The third-order valence-corrected chi connectivity index (χ3v) is 8.15. The second-order valence-electron chi connectivity index (χ2n) is 8.54. The molecule has 0 bridgehead atoms. The fraction of sp³-hybridized carbons (Fsp3) is 0.320. The second kappa shape index (κ2) is 9.38. The molecule has 1 heterocycles. The Morgan fingerprint density at radius 1 is 0.971 bits per heavy atom. The van der Waals surface area contributed by atoms with Gasteiger partial charge in [-0.05, 0) is 60.4 Å². The first-order chi connectivity index (χ1) is 16.1. The fourth-order valence-electron chi connectivity index (χ4n) is 4.23. The van der Waals surface area contributed by atoms with Crippen LogP contribution in [0, 0.1) is 5.92 Å². The lowest BCUT2D eigenvalue weighted by molar-refractivity contribution is -0.137. The topological polar surface area (TPSA) is 66.5 Å². The van der Waals surface area contributed by atoms with Gasteiger partial charge in [0.25, 0.3) is 0 Å². The maximum absolute atomic E-state index is 13.0. The lowest BCUT2D eigenvalue weighted by Crippen LogP contribution is -2.43. The molecule has 4 rings (SSSR count). The van der Waals surface area contributed by atoms with Crippen LogP contribution in [0.5, 0.6) is 0 Å². The quantitative estimate of drug-likeness (QED) is 0.539. The van der Waals surface area contributed by atoms with Gasteiger partial charge in [-0.2, -0.15) is 17.5 Å². The number of carbonyl (C=O) groups excluding carboxylic acids is 1. The van der Waals surface area contributed by atoms with Crippen LogP contribution in [0.2, 0.25) is 0 Å². The zero-order valence-corrected chi connectivity index (χ0v) is 19.4. The third-order valence-electron chi connectivity index (χ3n) is 6.26. The molecule has 3 aromatic carbocycles. The van der Waals surface area contributed by atoms with E-state index in [4.69, 9.17) is 0 Å². The zero-order chi connectivity index (χ0) is 24.5. The number of benzene rings is 3. The van der Waals surface area contributed by atoms with E-state index >= 15 is 0 Å². The molecule has 5 nitrogen and oxygen atoms in total. The number of piperidine rings is 1. The molecule has 0 aliphatic carbocycles. The molecule has 1 N–H and O–H groups in total. The van der Waals surface area contributed by atoms with Crippen LogP contribution in [-0.4, -0.2) is 31.7 Å². The van der Waals surface area contributed by atoms with Gasteiger partial charge in [0, 0.05) is 19.0 Å². The molecule has 34 heavy (non-hydrogen) atoms. The summed E-state index contributed by atoms with van der Waals surface area (Å²) in [5.41, 5.74) is -0.0397. The van der Waals surface area contributed by atoms with Gasteiger partial charge in [-0.25, -0.2) is 8.42 Å². The van der Waals surface area contributed by atoms with Crippen molar-refractivity contribution in [2.45, 2.75) is 36.9 Å². The molecule has 3 aromatic rings. The summed E-state index contributed by atoms with van der Waals surface area (Å²) in [6.45, 7) is 2.04. The average molecular weight is 491 g/mol. The Bertz CT molecular complexity index is 1300. The van der Waals surface area contributed by atoms with Crippen molar-refractivity contribution >= 4 is 26.7 Å². The maximum Gasteiger partial charge on any atom is 0.416 e. The molecule has 1 atom stereocenters. The number of alkyl halides is 3. The molecular weight excluding hydrogens is 465 g/mol. The van der Waals surface area contributed by atoms with E-state index in [1.54, 1.807) is 0 Å². The number of rotatable bonds is 5. The Balaban J connectivity index is 1.38. The third kappa shape index (κ3) is 5.10. The van der Waals surface area contributed by atoms with Crippen molar-refractivity contribution in [1.82, 2.24) is 9.62 Å². The summed E-state index contributed by atoms with van der Waals surface area (Å²) in [6.07, 6.45) is -4.03. The molecule has 1 unspecified atom stereocenters. The molecular formula is C25H25F3N2O3S. The van der Waals surface area contributed by atoms with Crippen molar-refractivity contribution in [3.8, 4) is 0 Å². The van der Waals surface area contributed by atoms with Crippen molar-refractivity contribution in [1.29, 1.82) is 0 Å². The normalized spacial score (nSPS) is 16.9. The van der Waals surface area contributed by atoms with E-state index in [9.17, 15) is 26.4 Å². The van der Waals surface area contributed by atoms with Crippen molar-refractivity contribution in [2.75, 3.05) is 13.1 Å². The Hall–Kier alpha value is -2.91. The summed E-state index contributed by atoms with van der Waals surface area (Å²) in [7, 11) is -4.08. The number of carbonyl (C=O) groups is 1. The Kier molecular flexibility index (Phi) is 6.69. The molecule has 0 radical (unpaired) electrons. The minimum atomic E-state index is -4.63. The first-order valence-corrected chi connectivity index (χ1v) is 12.5. The average Bonchev–Trinajstić information content (AvgIpc) is 2.83. The summed E-state index contributed by atoms with van der Waals surface area (Å²) < 4.78 is 65.9. The number of nitrogens with zero attached hydrogens (tertiary/aromatic N) is 1. The van der Waals surface area contributed by atoms with Gasteiger partial charge in [-0.1, -0.05) is 42.5 Å². The first-order valence-electron chi connectivity index (χ1n) is 11.0. The van der Waals surface area contributed by atoms with E-state index < -0.39 is 26.7 Å². The van der Waals surface area contributed by atoms with E-state index in [0.29, 0.717) is 18.9 Å². The molecule has 1 fully saturated rings. The van der Waals surface area contributed by atoms with Gasteiger partial charge >= 0.3 is 6.18 Å². The van der Waals surface area contributed by atoms with E-state index in [-0.39, 0.29) is 31.0 Å². The SMILES string of the molecule is CC(NC(=O)C1CCN(S(=O)(=O)c2cccc(C(F)(F)F)c2)CC1)c1ccc2ccccc2c1. The van der Waals surface area contributed by atoms with Crippen LogP contribution >= 0.6 is 0 Å². The van der Waals surface area contributed by atoms with Crippen molar-refractivity contribution < 1.29 is 26.4 Å². The highest BCUT2D eigenvalue weighted by Gasteiger charge is 2.35. The molecule has 1 saturated heterocycles. The lowest BCUT2D eigenvalue weighted by Gasteiger charge is -2.31. The summed E-state index contributed by atoms with van der Waals surface area (Å²) in [5, 5.41) is 5.20. The predicted molar refractivity (Wildman–Crippen MR) is 123 cm³/mol. The Morgan fingerprint density at radius 2 is 1.65 bits per heavy atom. The van der Waals surface area contributed by atoms with Crippen LogP contribution in [0.4, 0.5) is 13.2 Å². The van der Waals surface area contributed by atoms with Gasteiger partial charge in [-0.15, -0.1) is 0 Å². The van der Waals surface area contributed by atoms with Gasteiger partial charge in [0.2, 0.25) is 15.9 Å². The minimum absolute atomic E-state index is 0.0705. The zero-order valence-electron chi connectivity index (χ0n) is 18.5. The van der Waals surface area contributed by atoms with Gasteiger partial charge in [0.15, 0.2) is 0 Å². The highest BCUT2D eigenvalue weighted by atomic mass is 32.2. The molecule has 0 saturated carbocycles. The molecule has 1 aliphatic heterocycles. The minimum Gasteiger partial charge on any atom is -0.349 e. The molecule has 0 spiro atoms. The number of halogens is 3. The summed E-state index contributed by atoms with van der Waals surface area (Å²) in [6, 6.07) is 17.5. The van der Waals surface area contributed by atoms with E-state index in [1.807, 2.05) is 49.4 Å². The maximum atomic E-state index is 13.0. The van der Waals surface area contributed by atoms with E-state index in [1.165, 1.54) is 0 Å². The summed E-state index contributed by atoms with van der Waals surface area (Å²) >= 11 is 0.